The predicted molar refractivity (Wildman–Crippen MR) is 111 cm³/mol. The van der Waals surface area contributed by atoms with Gasteiger partial charge in [0.1, 0.15) is 0 Å². The summed E-state index contributed by atoms with van der Waals surface area (Å²) in [7, 11) is 0. The fourth-order valence-corrected chi connectivity index (χ4v) is 4.35. The first kappa shape index (κ1) is 16.8. The summed E-state index contributed by atoms with van der Waals surface area (Å²) in [4.78, 5) is 0. The molecule has 2 aliphatic rings. The molecule has 0 amide bonds. The molecule has 0 saturated heterocycles. The van der Waals surface area contributed by atoms with Gasteiger partial charge in [-0.2, -0.15) is 0 Å². The molecular weight excluding hydrogens is 312 g/mol. The molecule has 0 nitrogen and oxygen atoms in total. The zero-order valence-electron chi connectivity index (χ0n) is 15.5. The maximum Gasteiger partial charge on any atom is 0.0661 e. The zero-order chi connectivity index (χ0) is 17.8. The Morgan fingerprint density at radius 1 is 0.769 bits per heavy atom. The van der Waals surface area contributed by atoms with E-state index in [-0.39, 0.29) is 5.41 Å². The van der Waals surface area contributed by atoms with Crippen LogP contribution in [0.15, 0.2) is 102 Å². The van der Waals surface area contributed by atoms with Gasteiger partial charge in [0, 0.05) is 0 Å². The lowest BCUT2D eigenvalue weighted by atomic mass is 9.62. The molecule has 0 N–H and O–H groups in total. The van der Waals surface area contributed by atoms with Crippen LogP contribution in [0.25, 0.3) is 0 Å². The van der Waals surface area contributed by atoms with E-state index in [1.54, 1.807) is 0 Å². The number of hydrogen-bond donors (Lipinski definition) is 0. The van der Waals surface area contributed by atoms with Gasteiger partial charge >= 0.3 is 0 Å². The van der Waals surface area contributed by atoms with Crippen molar-refractivity contribution in [1.82, 2.24) is 0 Å². The molecule has 2 aromatic rings. The van der Waals surface area contributed by atoms with Gasteiger partial charge in [-0.3, -0.25) is 0 Å². The lowest BCUT2D eigenvalue weighted by Crippen LogP contribution is -2.33. The molecule has 0 aliphatic heterocycles. The van der Waals surface area contributed by atoms with Crippen LogP contribution < -0.4 is 0 Å². The Morgan fingerprint density at radius 3 is 2.19 bits per heavy atom. The summed E-state index contributed by atoms with van der Waals surface area (Å²) in [6, 6.07) is 20.2. The molecule has 4 rings (SSSR count). The van der Waals surface area contributed by atoms with Gasteiger partial charge in [0.05, 0.1) is 5.41 Å². The first-order chi connectivity index (χ1) is 12.8. The Hall–Kier alpha value is -2.60. The van der Waals surface area contributed by atoms with E-state index in [0.717, 1.165) is 25.7 Å². The van der Waals surface area contributed by atoms with Gasteiger partial charge in [0.15, 0.2) is 0 Å². The van der Waals surface area contributed by atoms with E-state index < -0.39 is 0 Å². The van der Waals surface area contributed by atoms with E-state index in [1.807, 2.05) is 0 Å². The predicted octanol–water partition coefficient (Wildman–Crippen LogP) is 6.83. The summed E-state index contributed by atoms with van der Waals surface area (Å²) in [5.74, 6) is 0. The number of rotatable bonds is 4. The Bertz CT molecular complexity index is 875. The molecule has 130 valence electrons. The highest BCUT2D eigenvalue weighted by Gasteiger charge is 2.40. The van der Waals surface area contributed by atoms with Gasteiger partial charge in [-0.1, -0.05) is 102 Å². The Morgan fingerprint density at radius 2 is 1.54 bits per heavy atom. The average molecular weight is 338 g/mol. The molecular formula is C26H26. The quantitative estimate of drug-likeness (QED) is 0.573. The minimum absolute atomic E-state index is 0.198. The van der Waals surface area contributed by atoms with Crippen LogP contribution in [0.5, 0.6) is 0 Å². The summed E-state index contributed by atoms with van der Waals surface area (Å²) in [5.41, 5.74) is 6.75. The first-order valence-electron chi connectivity index (χ1n) is 9.68. The Kier molecular flexibility index (Phi) is 4.75. The molecule has 1 atom stereocenters. The van der Waals surface area contributed by atoms with Crippen LogP contribution >= 0.6 is 0 Å². The van der Waals surface area contributed by atoms with Crippen molar-refractivity contribution in [2.75, 3.05) is 0 Å². The van der Waals surface area contributed by atoms with E-state index in [9.17, 15) is 0 Å². The highest BCUT2D eigenvalue weighted by molar-refractivity contribution is 5.61. The van der Waals surface area contributed by atoms with Gasteiger partial charge < -0.3 is 0 Å². The van der Waals surface area contributed by atoms with Crippen LogP contribution in [0.2, 0.25) is 0 Å². The minimum Gasteiger partial charge on any atom is -0.0842 e. The standard InChI is InChI=1S/C26H26/c1-21-17-19-25(20-18-21)26(22-11-5-2-6-12-22,23-13-7-3-8-14-23)24-15-9-4-10-16-24/h2-3,5-7,9,11-13,15-20H,4,8,10,14H2,1H3. The third-order valence-corrected chi connectivity index (χ3v) is 5.61. The van der Waals surface area contributed by atoms with Gasteiger partial charge in [0.2, 0.25) is 0 Å². The summed E-state index contributed by atoms with van der Waals surface area (Å²) >= 11 is 0. The van der Waals surface area contributed by atoms with Crippen LogP contribution in [-0.4, -0.2) is 0 Å². The van der Waals surface area contributed by atoms with Crippen molar-refractivity contribution < 1.29 is 0 Å². The smallest absolute Gasteiger partial charge is 0.0661 e. The number of hydrogen-bond acceptors (Lipinski definition) is 0. The summed E-state index contributed by atoms with van der Waals surface area (Å²) < 4.78 is 0. The number of benzene rings is 2. The first-order valence-corrected chi connectivity index (χ1v) is 9.68. The monoisotopic (exact) mass is 338 g/mol. The van der Waals surface area contributed by atoms with Crippen molar-refractivity contribution in [2.45, 2.75) is 38.0 Å². The van der Waals surface area contributed by atoms with Crippen molar-refractivity contribution in [2.24, 2.45) is 0 Å². The molecule has 0 spiro atoms. The lowest BCUT2D eigenvalue weighted by molar-refractivity contribution is 0.667. The maximum atomic E-state index is 2.45. The average Bonchev–Trinajstić information content (AvgIpc) is 2.72. The summed E-state index contributed by atoms with van der Waals surface area (Å²) in [6.07, 6.45) is 18.5. The third-order valence-electron chi connectivity index (χ3n) is 5.61. The largest absolute Gasteiger partial charge is 0.0842 e. The van der Waals surface area contributed by atoms with Gasteiger partial charge in [-0.15, -0.1) is 0 Å². The van der Waals surface area contributed by atoms with Gasteiger partial charge in [-0.05, 0) is 49.3 Å². The lowest BCUT2D eigenvalue weighted by Gasteiger charge is -2.40. The second kappa shape index (κ2) is 7.33. The van der Waals surface area contributed by atoms with E-state index in [4.69, 9.17) is 0 Å². The molecule has 2 aliphatic carbocycles. The fraction of sp³-hybridized carbons (Fsp3) is 0.231. The van der Waals surface area contributed by atoms with Gasteiger partial charge in [-0.25, -0.2) is 0 Å². The molecule has 0 fully saturated rings. The molecule has 0 heterocycles. The topological polar surface area (TPSA) is 0 Å². The summed E-state index contributed by atoms with van der Waals surface area (Å²) in [6.45, 7) is 2.16. The van der Waals surface area contributed by atoms with Crippen molar-refractivity contribution in [3.63, 3.8) is 0 Å². The second-order valence-corrected chi connectivity index (χ2v) is 7.28. The molecule has 0 saturated carbocycles. The maximum absolute atomic E-state index is 2.45. The highest BCUT2D eigenvalue weighted by Crippen LogP contribution is 2.49. The molecule has 0 bridgehead atoms. The van der Waals surface area contributed by atoms with Crippen LogP contribution in [-0.2, 0) is 5.41 Å². The van der Waals surface area contributed by atoms with Crippen LogP contribution in [0, 0.1) is 6.92 Å². The highest BCUT2D eigenvalue weighted by atomic mass is 14.4. The molecule has 26 heavy (non-hydrogen) atoms. The SMILES string of the molecule is Cc1ccc(C(C2=CCCC=C2)(C2=CC=CCC2)c2ccccc2)cc1. The molecule has 1 unspecified atom stereocenters. The minimum atomic E-state index is -0.198. The molecule has 0 heteroatoms. The van der Waals surface area contributed by atoms with E-state index in [1.165, 1.54) is 27.8 Å². The molecule has 0 aromatic heterocycles. The normalized spacial score (nSPS) is 18.8. The van der Waals surface area contributed by atoms with Crippen LogP contribution in [0.1, 0.15) is 42.4 Å². The van der Waals surface area contributed by atoms with Crippen molar-refractivity contribution in [3.05, 3.63) is 119 Å². The Balaban J connectivity index is 2.04. The van der Waals surface area contributed by atoms with E-state index in [2.05, 4.69) is 98.0 Å². The van der Waals surface area contributed by atoms with Crippen molar-refractivity contribution in [1.29, 1.82) is 0 Å². The third kappa shape index (κ3) is 2.90. The number of aryl methyl sites for hydroxylation is 1. The Labute approximate surface area is 157 Å². The van der Waals surface area contributed by atoms with Crippen LogP contribution in [0.3, 0.4) is 0 Å². The molecule has 0 radical (unpaired) electrons. The fourth-order valence-electron chi connectivity index (χ4n) is 4.35. The zero-order valence-corrected chi connectivity index (χ0v) is 15.5. The van der Waals surface area contributed by atoms with E-state index >= 15 is 0 Å². The number of allylic oxidation sites excluding steroid dienone is 8. The molecule has 2 aromatic carbocycles. The summed E-state index contributed by atoms with van der Waals surface area (Å²) in [5, 5.41) is 0. The van der Waals surface area contributed by atoms with Gasteiger partial charge in [0.25, 0.3) is 0 Å². The van der Waals surface area contributed by atoms with Crippen molar-refractivity contribution in [3.8, 4) is 0 Å². The van der Waals surface area contributed by atoms with E-state index in [0.29, 0.717) is 0 Å². The second-order valence-electron chi connectivity index (χ2n) is 7.28. The van der Waals surface area contributed by atoms with Crippen molar-refractivity contribution >= 4 is 0 Å². The van der Waals surface area contributed by atoms with Crippen LogP contribution in [0.4, 0.5) is 0 Å².